The molecule has 0 spiro atoms. The predicted molar refractivity (Wildman–Crippen MR) is 88.6 cm³/mol. The molecule has 0 unspecified atom stereocenters. The van der Waals surface area contributed by atoms with Gasteiger partial charge in [-0.15, -0.1) is 0 Å². The van der Waals surface area contributed by atoms with Crippen molar-refractivity contribution in [3.63, 3.8) is 0 Å². The van der Waals surface area contributed by atoms with Gasteiger partial charge in [-0.3, -0.25) is 0 Å². The Balaban J connectivity index is 1.64. The number of amides is 2. The summed E-state index contributed by atoms with van der Waals surface area (Å²) in [7, 11) is 0. The van der Waals surface area contributed by atoms with E-state index in [2.05, 4.69) is 10.6 Å². The van der Waals surface area contributed by atoms with Gasteiger partial charge in [0.15, 0.2) is 6.73 Å². The Morgan fingerprint density at radius 2 is 1.73 bits per heavy atom. The summed E-state index contributed by atoms with van der Waals surface area (Å²) in [5.74, 6) is 0.640. The fourth-order valence-corrected chi connectivity index (χ4v) is 2.15. The Morgan fingerprint density at radius 3 is 2.45 bits per heavy atom. The van der Waals surface area contributed by atoms with Crippen molar-refractivity contribution in [3.05, 3.63) is 64.1 Å². The minimum Gasteiger partial charge on any atom is -0.473 e. The minimum atomic E-state index is -0.291. The molecular formula is C16H16Cl2N2O2. The van der Waals surface area contributed by atoms with Crippen LogP contribution in [0.5, 0.6) is 5.75 Å². The fourth-order valence-electron chi connectivity index (χ4n) is 1.79. The van der Waals surface area contributed by atoms with E-state index in [0.29, 0.717) is 28.8 Å². The van der Waals surface area contributed by atoms with Crippen LogP contribution in [0.1, 0.15) is 5.56 Å². The summed E-state index contributed by atoms with van der Waals surface area (Å²) in [6.45, 7) is 0.579. The molecular weight excluding hydrogens is 323 g/mol. The fraction of sp³-hybridized carbons (Fsp3) is 0.188. The molecule has 4 nitrogen and oxygen atoms in total. The molecule has 0 aliphatic rings. The van der Waals surface area contributed by atoms with Gasteiger partial charge >= 0.3 is 6.03 Å². The highest BCUT2D eigenvalue weighted by atomic mass is 35.5. The first-order valence-corrected chi connectivity index (χ1v) is 7.54. The second kappa shape index (κ2) is 8.51. The maximum atomic E-state index is 11.6. The van der Waals surface area contributed by atoms with Gasteiger partial charge in [-0.05, 0) is 42.3 Å². The number of halogens is 2. The van der Waals surface area contributed by atoms with E-state index < -0.39 is 0 Å². The second-order valence-electron chi connectivity index (χ2n) is 4.52. The molecule has 0 radical (unpaired) electrons. The zero-order chi connectivity index (χ0) is 15.8. The maximum Gasteiger partial charge on any atom is 0.317 e. The van der Waals surface area contributed by atoms with Crippen molar-refractivity contribution < 1.29 is 9.53 Å². The average Bonchev–Trinajstić information content (AvgIpc) is 2.51. The number of hydrogen-bond donors (Lipinski definition) is 2. The lowest BCUT2D eigenvalue weighted by atomic mass is 10.1. The summed E-state index contributed by atoms with van der Waals surface area (Å²) in [4.78, 5) is 11.6. The first-order valence-electron chi connectivity index (χ1n) is 6.78. The Labute approximate surface area is 139 Å². The first-order chi connectivity index (χ1) is 10.6. The monoisotopic (exact) mass is 338 g/mol. The van der Waals surface area contributed by atoms with Gasteiger partial charge in [-0.25, -0.2) is 4.79 Å². The van der Waals surface area contributed by atoms with E-state index in [-0.39, 0.29) is 12.8 Å². The van der Waals surface area contributed by atoms with Crippen LogP contribution in [0.3, 0.4) is 0 Å². The first kappa shape index (κ1) is 16.5. The Kier molecular flexibility index (Phi) is 6.37. The third kappa shape index (κ3) is 5.47. The Bertz CT molecular complexity index is 618. The van der Waals surface area contributed by atoms with Crippen LogP contribution in [0.2, 0.25) is 10.0 Å². The van der Waals surface area contributed by atoms with Crippen LogP contribution in [0, 0.1) is 0 Å². The Morgan fingerprint density at radius 1 is 1.00 bits per heavy atom. The van der Waals surface area contributed by atoms with Gasteiger partial charge in [0.1, 0.15) is 5.75 Å². The van der Waals surface area contributed by atoms with Gasteiger partial charge in [0.25, 0.3) is 0 Å². The lowest BCUT2D eigenvalue weighted by Crippen LogP contribution is -2.38. The molecule has 2 aromatic rings. The predicted octanol–water partition coefficient (Wildman–Crippen LogP) is 3.87. The van der Waals surface area contributed by atoms with E-state index >= 15 is 0 Å². The molecule has 22 heavy (non-hydrogen) atoms. The SMILES string of the molecule is O=C(NCCc1ccccc1Cl)NCOc1ccc(Cl)cc1. The van der Waals surface area contributed by atoms with Gasteiger partial charge in [0.2, 0.25) is 0 Å². The molecule has 0 aliphatic carbocycles. The molecule has 2 N–H and O–H groups in total. The van der Waals surface area contributed by atoms with E-state index in [9.17, 15) is 4.79 Å². The molecule has 0 fully saturated rings. The number of benzene rings is 2. The van der Waals surface area contributed by atoms with Crippen molar-refractivity contribution in [3.8, 4) is 5.75 Å². The smallest absolute Gasteiger partial charge is 0.317 e. The minimum absolute atomic E-state index is 0.0829. The number of rotatable bonds is 6. The highest BCUT2D eigenvalue weighted by Crippen LogP contribution is 2.15. The van der Waals surface area contributed by atoms with E-state index in [1.54, 1.807) is 24.3 Å². The summed E-state index contributed by atoms with van der Waals surface area (Å²) in [6.07, 6.45) is 0.672. The third-order valence-electron chi connectivity index (χ3n) is 2.92. The average molecular weight is 339 g/mol. The second-order valence-corrected chi connectivity index (χ2v) is 5.36. The molecule has 2 rings (SSSR count). The molecule has 0 saturated carbocycles. The van der Waals surface area contributed by atoms with Gasteiger partial charge in [0.05, 0.1) is 0 Å². The normalized spacial score (nSPS) is 10.1. The zero-order valence-corrected chi connectivity index (χ0v) is 13.3. The molecule has 6 heteroatoms. The topological polar surface area (TPSA) is 50.4 Å². The number of ether oxygens (including phenoxy) is 1. The van der Waals surface area contributed by atoms with E-state index in [1.807, 2.05) is 24.3 Å². The summed E-state index contributed by atoms with van der Waals surface area (Å²) >= 11 is 11.8. The van der Waals surface area contributed by atoms with Crippen LogP contribution in [-0.4, -0.2) is 19.3 Å². The van der Waals surface area contributed by atoms with Crippen LogP contribution < -0.4 is 15.4 Å². The van der Waals surface area contributed by atoms with Crippen molar-refractivity contribution in [2.24, 2.45) is 0 Å². The zero-order valence-electron chi connectivity index (χ0n) is 11.8. The van der Waals surface area contributed by atoms with Crippen LogP contribution in [-0.2, 0) is 6.42 Å². The summed E-state index contributed by atoms with van der Waals surface area (Å²) in [5.41, 5.74) is 1.00. The summed E-state index contributed by atoms with van der Waals surface area (Å²) in [5, 5.41) is 6.69. The lowest BCUT2D eigenvalue weighted by molar-refractivity contribution is 0.224. The van der Waals surface area contributed by atoms with Crippen molar-refractivity contribution in [2.45, 2.75) is 6.42 Å². The van der Waals surface area contributed by atoms with Gasteiger partial charge < -0.3 is 15.4 Å². The number of urea groups is 1. The summed E-state index contributed by atoms with van der Waals surface area (Å²) in [6, 6.07) is 14.2. The molecule has 0 aliphatic heterocycles. The largest absolute Gasteiger partial charge is 0.473 e. The highest BCUT2D eigenvalue weighted by Gasteiger charge is 2.02. The van der Waals surface area contributed by atoms with E-state index in [1.165, 1.54) is 0 Å². The van der Waals surface area contributed by atoms with Crippen LogP contribution in [0.25, 0.3) is 0 Å². The quantitative estimate of drug-likeness (QED) is 0.785. The number of hydrogen-bond acceptors (Lipinski definition) is 2. The van der Waals surface area contributed by atoms with Crippen molar-refractivity contribution in [2.75, 3.05) is 13.3 Å². The van der Waals surface area contributed by atoms with Gasteiger partial charge in [0, 0.05) is 16.6 Å². The molecule has 2 aromatic carbocycles. The standard InChI is InChI=1S/C16H16Cl2N2O2/c17-13-5-7-14(8-6-13)22-11-20-16(21)19-10-9-12-3-1-2-4-15(12)18/h1-8H,9-11H2,(H2,19,20,21). The number of carbonyl (C=O) groups is 1. The number of nitrogens with one attached hydrogen (secondary N) is 2. The van der Waals surface area contributed by atoms with Crippen LogP contribution in [0.15, 0.2) is 48.5 Å². The van der Waals surface area contributed by atoms with Crippen molar-refractivity contribution in [1.82, 2.24) is 10.6 Å². The molecule has 0 heterocycles. The van der Waals surface area contributed by atoms with Crippen LogP contribution >= 0.6 is 23.2 Å². The van der Waals surface area contributed by atoms with Gasteiger partial charge in [-0.2, -0.15) is 0 Å². The molecule has 0 bridgehead atoms. The molecule has 0 saturated heterocycles. The summed E-state index contributed by atoms with van der Waals surface area (Å²) < 4.78 is 5.36. The molecule has 2 amide bonds. The molecule has 0 aromatic heterocycles. The molecule has 116 valence electrons. The third-order valence-corrected chi connectivity index (χ3v) is 3.54. The Hall–Kier alpha value is -1.91. The van der Waals surface area contributed by atoms with Crippen molar-refractivity contribution in [1.29, 1.82) is 0 Å². The number of carbonyl (C=O) groups excluding carboxylic acids is 1. The van der Waals surface area contributed by atoms with E-state index in [4.69, 9.17) is 27.9 Å². The molecule has 0 atom stereocenters. The van der Waals surface area contributed by atoms with Crippen LogP contribution in [0.4, 0.5) is 4.79 Å². The van der Waals surface area contributed by atoms with Crippen molar-refractivity contribution >= 4 is 29.2 Å². The lowest BCUT2D eigenvalue weighted by Gasteiger charge is -2.10. The van der Waals surface area contributed by atoms with E-state index in [0.717, 1.165) is 5.56 Å². The maximum absolute atomic E-state index is 11.6. The van der Waals surface area contributed by atoms with Gasteiger partial charge in [-0.1, -0.05) is 41.4 Å². The highest BCUT2D eigenvalue weighted by molar-refractivity contribution is 6.31.